The Hall–Kier alpha value is -3.35. The van der Waals surface area contributed by atoms with Crippen molar-refractivity contribution < 1.29 is 13.2 Å². The molecule has 0 bridgehead atoms. The van der Waals surface area contributed by atoms with Crippen molar-refractivity contribution in [3.63, 3.8) is 0 Å². The van der Waals surface area contributed by atoms with E-state index in [1.54, 1.807) is 36.0 Å². The molecule has 3 heterocycles. The lowest BCUT2D eigenvalue weighted by atomic mass is 10.3. The normalized spacial score (nSPS) is 11.5. The fraction of sp³-hybridized carbons (Fsp3) is 0.238. The lowest BCUT2D eigenvalue weighted by molar-refractivity contribution is 0.314. The third-order valence-corrected chi connectivity index (χ3v) is 6.79. The van der Waals surface area contributed by atoms with Gasteiger partial charge in [-0.2, -0.15) is 4.37 Å². The molecule has 2 N–H and O–H groups in total. The molecule has 0 atom stereocenters. The van der Waals surface area contributed by atoms with Crippen molar-refractivity contribution in [2.75, 3.05) is 18.5 Å². The quantitative estimate of drug-likeness (QED) is 0.328. The zero-order chi connectivity index (χ0) is 23.3. The fourth-order valence-electron chi connectivity index (χ4n) is 3.17. The minimum absolute atomic E-state index is 0.133. The Kier molecular flexibility index (Phi) is 6.96. The van der Waals surface area contributed by atoms with Crippen LogP contribution in [-0.2, 0) is 16.6 Å². The number of hydrogen-bond donors (Lipinski definition) is 2. The van der Waals surface area contributed by atoms with Crippen LogP contribution in [0.25, 0.3) is 11.4 Å². The van der Waals surface area contributed by atoms with Crippen molar-refractivity contribution in [3.8, 4) is 17.3 Å². The first-order chi connectivity index (χ1) is 16.0. The van der Waals surface area contributed by atoms with E-state index in [2.05, 4.69) is 40.9 Å². The lowest BCUT2D eigenvalue weighted by Crippen LogP contribution is -2.28. The van der Waals surface area contributed by atoms with E-state index in [9.17, 15) is 8.42 Å². The van der Waals surface area contributed by atoms with E-state index in [4.69, 9.17) is 4.74 Å². The first kappa shape index (κ1) is 22.8. The maximum Gasteiger partial charge on any atom is 0.240 e. The SMILES string of the molecule is CCn1c(-c2ccnc(Nc3ccc(S(=O)(=O)NCCOc4ccsn4)cc3)n2)cnc1C. The maximum absolute atomic E-state index is 12.5. The summed E-state index contributed by atoms with van der Waals surface area (Å²) in [6.45, 7) is 5.11. The molecular weight excluding hydrogens is 462 g/mol. The van der Waals surface area contributed by atoms with Gasteiger partial charge in [-0.1, -0.05) is 0 Å². The number of nitrogens with zero attached hydrogens (tertiary/aromatic N) is 5. The molecule has 10 nitrogen and oxygen atoms in total. The summed E-state index contributed by atoms with van der Waals surface area (Å²) < 4.78 is 38.9. The highest BCUT2D eigenvalue weighted by molar-refractivity contribution is 7.89. The highest BCUT2D eigenvalue weighted by Gasteiger charge is 2.14. The largest absolute Gasteiger partial charge is 0.476 e. The predicted molar refractivity (Wildman–Crippen MR) is 126 cm³/mol. The number of imidazole rings is 1. The molecule has 0 unspecified atom stereocenters. The molecule has 0 radical (unpaired) electrons. The van der Waals surface area contributed by atoms with Gasteiger partial charge in [0, 0.05) is 36.4 Å². The Balaban J connectivity index is 1.39. The minimum atomic E-state index is -3.66. The molecule has 0 fully saturated rings. The van der Waals surface area contributed by atoms with Gasteiger partial charge in [0.25, 0.3) is 0 Å². The van der Waals surface area contributed by atoms with Gasteiger partial charge in [-0.3, -0.25) is 0 Å². The number of aromatic nitrogens is 5. The Morgan fingerprint density at radius 3 is 2.67 bits per heavy atom. The molecule has 33 heavy (non-hydrogen) atoms. The number of hydrogen-bond acceptors (Lipinski definition) is 9. The summed E-state index contributed by atoms with van der Waals surface area (Å²) >= 11 is 1.27. The van der Waals surface area contributed by atoms with Crippen molar-refractivity contribution in [1.82, 2.24) is 28.6 Å². The third kappa shape index (κ3) is 5.53. The molecule has 0 aliphatic carbocycles. The molecule has 172 valence electrons. The number of benzene rings is 1. The van der Waals surface area contributed by atoms with Crippen molar-refractivity contribution in [3.05, 3.63) is 60.0 Å². The second kappa shape index (κ2) is 10.1. The number of anilines is 2. The van der Waals surface area contributed by atoms with E-state index >= 15 is 0 Å². The fourth-order valence-corrected chi connectivity index (χ4v) is 4.64. The van der Waals surface area contributed by atoms with Crippen LogP contribution in [0.4, 0.5) is 11.6 Å². The lowest BCUT2D eigenvalue weighted by Gasteiger charge is -2.10. The smallest absolute Gasteiger partial charge is 0.240 e. The maximum atomic E-state index is 12.5. The zero-order valence-corrected chi connectivity index (χ0v) is 19.7. The van der Waals surface area contributed by atoms with Crippen LogP contribution in [0.15, 0.2) is 59.1 Å². The van der Waals surface area contributed by atoms with Gasteiger partial charge in [0.2, 0.25) is 21.9 Å². The summed E-state index contributed by atoms with van der Waals surface area (Å²) in [6, 6.07) is 9.92. The van der Waals surface area contributed by atoms with E-state index in [1.165, 1.54) is 23.7 Å². The van der Waals surface area contributed by atoms with Crippen molar-refractivity contribution >= 4 is 33.2 Å². The van der Waals surface area contributed by atoms with Crippen molar-refractivity contribution in [2.24, 2.45) is 0 Å². The summed E-state index contributed by atoms with van der Waals surface area (Å²) in [5, 5.41) is 4.90. The van der Waals surface area contributed by atoms with E-state index in [-0.39, 0.29) is 18.0 Å². The molecule has 0 aliphatic heterocycles. The van der Waals surface area contributed by atoms with Crippen LogP contribution in [0.1, 0.15) is 12.7 Å². The van der Waals surface area contributed by atoms with Gasteiger partial charge in [0.1, 0.15) is 12.4 Å². The van der Waals surface area contributed by atoms with Crippen LogP contribution >= 0.6 is 11.5 Å². The molecule has 1 aromatic carbocycles. The summed E-state index contributed by atoms with van der Waals surface area (Å²) in [6.07, 6.45) is 3.46. The second-order valence-corrected chi connectivity index (χ2v) is 9.37. The first-order valence-corrected chi connectivity index (χ1v) is 12.5. The van der Waals surface area contributed by atoms with Crippen molar-refractivity contribution in [1.29, 1.82) is 0 Å². The summed E-state index contributed by atoms with van der Waals surface area (Å²) in [5.74, 6) is 1.80. The average Bonchev–Trinajstić information content (AvgIpc) is 3.46. The van der Waals surface area contributed by atoms with Crippen LogP contribution in [-0.4, -0.2) is 45.5 Å². The van der Waals surface area contributed by atoms with Gasteiger partial charge < -0.3 is 14.6 Å². The van der Waals surface area contributed by atoms with Gasteiger partial charge in [-0.25, -0.2) is 28.1 Å². The molecule has 0 saturated heterocycles. The number of ether oxygens (including phenoxy) is 1. The summed E-state index contributed by atoms with van der Waals surface area (Å²) in [4.78, 5) is 13.3. The van der Waals surface area contributed by atoms with Gasteiger partial charge in [-0.05, 0) is 55.7 Å². The molecule has 4 aromatic rings. The summed E-state index contributed by atoms with van der Waals surface area (Å²) in [5.41, 5.74) is 2.32. The molecule has 4 rings (SSSR count). The van der Waals surface area contributed by atoms with Gasteiger partial charge in [0.05, 0.1) is 22.5 Å². The van der Waals surface area contributed by atoms with Crippen molar-refractivity contribution in [2.45, 2.75) is 25.3 Å². The van der Waals surface area contributed by atoms with E-state index in [1.807, 2.05) is 13.0 Å². The Labute approximate surface area is 195 Å². The predicted octanol–water partition coefficient (Wildman–Crippen LogP) is 3.23. The third-order valence-electron chi connectivity index (χ3n) is 4.77. The topological polar surface area (TPSA) is 124 Å². The molecule has 3 aromatic heterocycles. The van der Waals surface area contributed by atoms with Crippen LogP contribution in [0.2, 0.25) is 0 Å². The molecule has 0 aliphatic rings. The first-order valence-electron chi connectivity index (χ1n) is 10.2. The van der Waals surface area contributed by atoms with E-state index in [0.29, 0.717) is 17.5 Å². The Morgan fingerprint density at radius 2 is 1.94 bits per heavy atom. The van der Waals surface area contributed by atoms with Gasteiger partial charge in [-0.15, -0.1) is 0 Å². The second-order valence-electron chi connectivity index (χ2n) is 6.93. The number of sulfonamides is 1. The average molecular weight is 486 g/mol. The monoisotopic (exact) mass is 485 g/mol. The molecule has 0 saturated carbocycles. The van der Waals surface area contributed by atoms with Crippen LogP contribution < -0.4 is 14.8 Å². The zero-order valence-electron chi connectivity index (χ0n) is 18.1. The van der Waals surface area contributed by atoms with Crippen LogP contribution in [0, 0.1) is 6.92 Å². The van der Waals surface area contributed by atoms with Gasteiger partial charge >= 0.3 is 0 Å². The highest BCUT2D eigenvalue weighted by Crippen LogP contribution is 2.21. The van der Waals surface area contributed by atoms with E-state index < -0.39 is 10.0 Å². The summed E-state index contributed by atoms with van der Waals surface area (Å²) in [7, 11) is -3.66. The molecule has 0 amide bonds. The number of nitrogens with one attached hydrogen (secondary N) is 2. The van der Waals surface area contributed by atoms with Gasteiger partial charge in [0.15, 0.2) is 0 Å². The molecular formula is C21H23N7O3S2. The van der Waals surface area contributed by atoms with Crippen LogP contribution in [0.3, 0.4) is 0 Å². The molecule has 0 spiro atoms. The molecule has 12 heteroatoms. The number of aryl methyl sites for hydroxylation is 1. The minimum Gasteiger partial charge on any atom is -0.476 e. The standard InChI is InChI=1S/C21H23N7O3S2/c1-3-28-15(2)23-14-19(28)18-8-10-22-21(26-18)25-16-4-6-17(7-5-16)33(29,30)24-11-12-31-20-9-13-32-27-20/h4-10,13-14,24H,3,11-12H2,1-2H3,(H,22,25,26). The number of rotatable bonds is 10. The Bertz CT molecular complexity index is 1300. The van der Waals surface area contributed by atoms with Crippen LogP contribution in [0.5, 0.6) is 5.88 Å². The highest BCUT2D eigenvalue weighted by atomic mass is 32.2. The Morgan fingerprint density at radius 1 is 1.12 bits per heavy atom. The van der Waals surface area contributed by atoms with E-state index in [0.717, 1.165) is 23.8 Å².